The minimum absolute atomic E-state index is 0.277. The second-order valence-electron chi connectivity index (χ2n) is 3.45. The first kappa shape index (κ1) is 11.8. The van der Waals surface area contributed by atoms with E-state index in [4.69, 9.17) is 5.11 Å². The number of hydrogen-bond donors (Lipinski definition) is 2. The number of carbonyl (C=O) groups excluding carboxylic acids is 1. The number of hydrogen-bond acceptors (Lipinski definition) is 2. The number of halogens is 3. The summed E-state index contributed by atoms with van der Waals surface area (Å²) in [4.78, 5) is 21.2. The van der Waals surface area contributed by atoms with E-state index in [1.165, 1.54) is 0 Å². The first-order valence-electron chi connectivity index (χ1n) is 4.43. The van der Waals surface area contributed by atoms with E-state index in [2.05, 4.69) is 0 Å². The van der Waals surface area contributed by atoms with E-state index in [1.807, 2.05) is 0 Å². The Bertz CT molecular complexity index is 277. The summed E-state index contributed by atoms with van der Waals surface area (Å²) in [5, 5.41) is 10.4. The summed E-state index contributed by atoms with van der Waals surface area (Å²) in [6.45, 7) is 0. The Kier molecular flexibility index (Phi) is 3.21. The van der Waals surface area contributed by atoms with Crippen molar-refractivity contribution in [3.05, 3.63) is 0 Å². The molecule has 7 heteroatoms. The van der Waals surface area contributed by atoms with Gasteiger partial charge < -0.3 is 10.4 Å². The summed E-state index contributed by atoms with van der Waals surface area (Å²) >= 11 is 0. The van der Waals surface area contributed by atoms with Gasteiger partial charge in [0.05, 0.1) is 5.92 Å². The van der Waals surface area contributed by atoms with E-state index in [0.717, 1.165) is 0 Å². The molecule has 1 aliphatic carbocycles. The fraction of sp³-hybridized carbons (Fsp3) is 0.750. The number of carboxylic acid groups (broad SMARTS) is 1. The average molecular weight is 225 g/mol. The number of carboxylic acids is 1. The second-order valence-corrected chi connectivity index (χ2v) is 3.45. The monoisotopic (exact) mass is 225 g/mol. The van der Waals surface area contributed by atoms with Gasteiger partial charge in [-0.05, 0) is 12.8 Å². The van der Waals surface area contributed by atoms with E-state index < -0.39 is 30.0 Å². The van der Waals surface area contributed by atoms with Gasteiger partial charge in [0.2, 0.25) is 0 Å². The zero-order valence-electron chi connectivity index (χ0n) is 7.67. The Morgan fingerprint density at radius 1 is 1.27 bits per heavy atom. The maximum atomic E-state index is 11.9. The fourth-order valence-electron chi connectivity index (χ4n) is 1.68. The van der Waals surface area contributed by atoms with Crippen LogP contribution < -0.4 is 5.32 Å². The third-order valence-corrected chi connectivity index (χ3v) is 2.41. The van der Waals surface area contributed by atoms with Crippen LogP contribution in [-0.2, 0) is 9.59 Å². The summed E-state index contributed by atoms with van der Waals surface area (Å²) < 4.78 is 35.6. The number of nitrogens with one attached hydrogen (secondary N) is 1. The largest absolute Gasteiger partial charge is 0.481 e. The molecule has 4 nitrogen and oxygen atoms in total. The van der Waals surface area contributed by atoms with E-state index in [9.17, 15) is 22.8 Å². The zero-order chi connectivity index (χ0) is 11.6. The molecule has 1 fully saturated rings. The molecule has 86 valence electrons. The molecule has 1 aliphatic rings. The standard InChI is InChI=1S/C8H10F3NO3/c9-8(10,11)7(15)12-5-3-1-2-4(5)6(13)14/h4-5H,1-3H2,(H,12,15)(H,13,14)/t4-,5-/m1/s1. The minimum atomic E-state index is -4.95. The Morgan fingerprint density at radius 2 is 1.87 bits per heavy atom. The van der Waals surface area contributed by atoms with E-state index in [1.54, 1.807) is 5.32 Å². The van der Waals surface area contributed by atoms with Crippen LogP contribution in [0, 0.1) is 5.92 Å². The molecular weight excluding hydrogens is 215 g/mol. The first-order chi connectivity index (χ1) is 6.82. The molecule has 1 rings (SSSR count). The number of alkyl halides is 3. The SMILES string of the molecule is O=C(O)[C@@H]1CCC[C@H]1NC(=O)C(F)(F)F. The molecule has 1 amide bonds. The van der Waals surface area contributed by atoms with E-state index in [-0.39, 0.29) is 6.42 Å². The van der Waals surface area contributed by atoms with Gasteiger partial charge in [-0.1, -0.05) is 6.42 Å². The Hall–Kier alpha value is -1.27. The molecule has 0 aromatic carbocycles. The summed E-state index contributed by atoms with van der Waals surface area (Å²) in [5.74, 6) is -4.14. The Balaban J connectivity index is 2.58. The van der Waals surface area contributed by atoms with Crippen LogP contribution in [0.2, 0.25) is 0 Å². The second kappa shape index (κ2) is 4.08. The summed E-state index contributed by atoms with van der Waals surface area (Å²) in [6.07, 6.45) is -3.86. The summed E-state index contributed by atoms with van der Waals surface area (Å²) in [5.41, 5.74) is 0. The molecule has 0 saturated heterocycles. The molecule has 0 spiro atoms. The molecule has 15 heavy (non-hydrogen) atoms. The molecule has 0 aliphatic heterocycles. The lowest BCUT2D eigenvalue weighted by Gasteiger charge is -2.18. The van der Waals surface area contributed by atoms with Crippen molar-refractivity contribution >= 4 is 11.9 Å². The molecular formula is C8H10F3NO3. The lowest BCUT2D eigenvalue weighted by Crippen LogP contribution is -2.46. The maximum Gasteiger partial charge on any atom is 0.471 e. The van der Waals surface area contributed by atoms with Crippen LogP contribution in [0.4, 0.5) is 13.2 Å². The molecule has 0 unspecified atom stereocenters. The van der Waals surface area contributed by atoms with E-state index in [0.29, 0.717) is 12.8 Å². The van der Waals surface area contributed by atoms with Gasteiger partial charge in [0, 0.05) is 6.04 Å². The van der Waals surface area contributed by atoms with Gasteiger partial charge in [0.1, 0.15) is 0 Å². The highest BCUT2D eigenvalue weighted by atomic mass is 19.4. The molecule has 0 aromatic heterocycles. The van der Waals surface area contributed by atoms with Gasteiger partial charge in [-0.3, -0.25) is 9.59 Å². The topological polar surface area (TPSA) is 66.4 Å². The molecule has 2 atom stereocenters. The van der Waals surface area contributed by atoms with Gasteiger partial charge in [-0.2, -0.15) is 13.2 Å². The highest BCUT2D eigenvalue weighted by molar-refractivity contribution is 5.83. The molecule has 2 N–H and O–H groups in total. The number of rotatable bonds is 2. The van der Waals surface area contributed by atoms with Crippen LogP contribution in [-0.4, -0.2) is 29.2 Å². The van der Waals surface area contributed by atoms with Crippen LogP contribution in [0.15, 0.2) is 0 Å². The van der Waals surface area contributed by atoms with Crippen molar-refractivity contribution < 1.29 is 27.9 Å². The first-order valence-corrected chi connectivity index (χ1v) is 4.43. The van der Waals surface area contributed by atoms with Crippen molar-refractivity contribution in [2.75, 3.05) is 0 Å². The zero-order valence-corrected chi connectivity index (χ0v) is 7.67. The Labute approximate surface area is 83.5 Å². The molecule has 0 radical (unpaired) electrons. The van der Waals surface area contributed by atoms with Crippen molar-refractivity contribution in [2.24, 2.45) is 5.92 Å². The van der Waals surface area contributed by atoms with Crippen LogP contribution in [0.25, 0.3) is 0 Å². The molecule has 1 saturated carbocycles. The van der Waals surface area contributed by atoms with Gasteiger partial charge >= 0.3 is 18.1 Å². The molecule has 0 heterocycles. The number of amides is 1. The minimum Gasteiger partial charge on any atom is -0.481 e. The third-order valence-electron chi connectivity index (χ3n) is 2.41. The lowest BCUT2D eigenvalue weighted by molar-refractivity contribution is -0.174. The number of aliphatic carboxylic acids is 1. The van der Waals surface area contributed by atoms with Crippen LogP contribution in [0.5, 0.6) is 0 Å². The predicted molar refractivity (Wildman–Crippen MR) is 43.0 cm³/mol. The van der Waals surface area contributed by atoms with Gasteiger partial charge in [-0.15, -0.1) is 0 Å². The van der Waals surface area contributed by atoms with Crippen molar-refractivity contribution in [3.8, 4) is 0 Å². The van der Waals surface area contributed by atoms with Crippen molar-refractivity contribution in [1.29, 1.82) is 0 Å². The third kappa shape index (κ3) is 2.84. The van der Waals surface area contributed by atoms with Crippen molar-refractivity contribution in [2.45, 2.75) is 31.5 Å². The van der Waals surface area contributed by atoms with Gasteiger partial charge in [-0.25, -0.2) is 0 Å². The van der Waals surface area contributed by atoms with Crippen molar-refractivity contribution in [3.63, 3.8) is 0 Å². The number of carbonyl (C=O) groups is 2. The van der Waals surface area contributed by atoms with Crippen LogP contribution >= 0.6 is 0 Å². The highest BCUT2D eigenvalue weighted by Gasteiger charge is 2.43. The smallest absolute Gasteiger partial charge is 0.471 e. The Morgan fingerprint density at radius 3 is 2.33 bits per heavy atom. The highest BCUT2D eigenvalue weighted by Crippen LogP contribution is 2.27. The predicted octanol–water partition coefficient (Wildman–Crippen LogP) is 0.918. The quantitative estimate of drug-likeness (QED) is 0.734. The van der Waals surface area contributed by atoms with Crippen LogP contribution in [0.3, 0.4) is 0 Å². The average Bonchev–Trinajstić information content (AvgIpc) is 2.50. The van der Waals surface area contributed by atoms with Gasteiger partial charge in [0.25, 0.3) is 0 Å². The van der Waals surface area contributed by atoms with E-state index >= 15 is 0 Å². The fourth-order valence-corrected chi connectivity index (χ4v) is 1.68. The van der Waals surface area contributed by atoms with Gasteiger partial charge in [0.15, 0.2) is 0 Å². The van der Waals surface area contributed by atoms with Crippen molar-refractivity contribution in [1.82, 2.24) is 5.32 Å². The summed E-state index contributed by atoms with van der Waals surface area (Å²) in [6, 6.07) is -0.906. The van der Waals surface area contributed by atoms with Crippen LogP contribution in [0.1, 0.15) is 19.3 Å². The maximum absolute atomic E-state index is 11.9. The summed E-state index contributed by atoms with van der Waals surface area (Å²) in [7, 11) is 0. The lowest BCUT2D eigenvalue weighted by atomic mass is 10.0. The molecule has 0 aromatic rings. The molecule has 0 bridgehead atoms. The normalized spacial score (nSPS) is 26.3.